The summed E-state index contributed by atoms with van der Waals surface area (Å²) >= 11 is 0. The highest BCUT2D eigenvalue weighted by atomic mass is 16.5. The molecule has 2 aromatic heterocycles. The van der Waals surface area contributed by atoms with Crippen molar-refractivity contribution in [2.24, 2.45) is 0 Å². The molecular weight excluding hydrogens is 328 g/mol. The Hall–Kier alpha value is -2.76. The second-order valence-corrected chi connectivity index (χ2v) is 7.52. The smallest absolute Gasteiger partial charge is 0.157 e. The lowest BCUT2D eigenvalue weighted by atomic mass is 10.1. The maximum absolute atomic E-state index is 6.18. The van der Waals surface area contributed by atoms with Gasteiger partial charge in [-0.3, -0.25) is 0 Å². The summed E-state index contributed by atoms with van der Waals surface area (Å²) in [6.07, 6.45) is 1.89. The summed E-state index contributed by atoms with van der Waals surface area (Å²) in [4.78, 5) is 4.75. The van der Waals surface area contributed by atoms with Crippen LogP contribution >= 0.6 is 0 Å². The highest BCUT2D eigenvalue weighted by Gasteiger charge is 2.17. The molecule has 1 N–H and O–H groups in total. The number of nitrogens with one attached hydrogen (secondary N) is 1. The number of fused-ring (bicyclic) bond motifs is 1. The van der Waals surface area contributed by atoms with Gasteiger partial charge in [-0.1, -0.05) is 0 Å². The van der Waals surface area contributed by atoms with E-state index in [1.54, 1.807) is 11.8 Å². The summed E-state index contributed by atoms with van der Waals surface area (Å²) in [7, 11) is 1.65. The zero-order valence-electron chi connectivity index (χ0n) is 16.2. The van der Waals surface area contributed by atoms with Crippen molar-refractivity contribution in [2.45, 2.75) is 46.3 Å². The number of nitrogens with zero attached hydrogens (tertiary/aromatic N) is 3. The van der Waals surface area contributed by atoms with Gasteiger partial charge in [-0.15, -0.1) is 5.10 Å². The van der Waals surface area contributed by atoms with Crippen LogP contribution in [0.5, 0.6) is 11.5 Å². The zero-order valence-corrected chi connectivity index (χ0v) is 16.2. The normalized spacial score (nSPS) is 11.8. The Balaban J connectivity index is 2.11. The Labute approximate surface area is 154 Å². The van der Waals surface area contributed by atoms with Crippen molar-refractivity contribution in [1.82, 2.24) is 14.8 Å². The van der Waals surface area contributed by atoms with Crippen molar-refractivity contribution in [3.63, 3.8) is 0 Å². The fourth-order valence-electron chi connectivity index (χ4n) is 2.65. The monoisotopic (exact) mass is 354 g/mol. The third-order valence-electron chi connectivity index (χ3n) is 3.64. The summed E-state index contributed by atoms with van der Waals surface area (Å²) in [6.45, 7) is 10.2. The minimum atomic E-state index is -0.319. The largest absolute Gasteiger partial charge is 0.497 e. The molecule has 3 rings (SSSR count). The van der Waals surface area contributed by atoms with Gasteiger partial charge in [0.15, 0.2) is 5.82 Å². The van der Waals surface area contributed by atoms with E-state index in [1.165, 1.54) is 0 Å². The van der Waals surface area contributed by atoms with Crippen molar-refractivity contribution < 1.29 is 9.47 Å². The quantitative estimate of drug-likeness (QED) is 0.734. The lowest BCUT2D eigenvalue weighted by molar-refractivity contribution is 0.133. The molecule has 0 aliphatic carbocycles. The molecule has 26 heavy (non-hydrogen) atoms. The SMILES string of the molecule is COc1ccc2c(OC(C)(C)C)cc(-n3ccc(NC(C)C)n3)nc2c1. The van der Waals surface area contributed by atoms with Crippen molar-refractivity contribution in [2.75, 3.05) is 12.4 Å². The van der Waals surface area contributed by atoms with Crippen LogP contribution in [-0.4, -0.2) is 33.5 Å². The number of ether oxygens (including phenoxy) is 2. The van der Waals surface area contributed by atoms with Crippen LogP contribution in [0.3, 0.4) is 0 Å². The average Bonchev–Trinajstić information content (AvgIpc) is 3.00. The van der Waals surface area contributed by atoms with Crippen molar-refractivity contribution in [1.29, 1.82) is 0 Å². The molecule has 3 aromatic rings. The summed E-state index contributed by atoms with van der Waals surface area (Å²) in [6, 6.07) is 9.96. The predicted molar refractivity (Wildman–Crippen MR) is 105 cm³/mol. The molecule has 0 radical (unpaired) electrons. The molecule has 6 nitrogen and oxygen atoms in total. The Morgan fingerprint density at radius 3 is 2.54 bits per heavy atom. The summed E-state index contributed by atoms with van der Waals surface area (Å²) in [5.74, 6) is 3.04. The van der Waals surface area contributed by atoms with E-state index < -0.39 is 0 Å². The van der Waals surface area contributed by atoms with E-state index in [1.807, 2.05) is 57.3 Å². The minimum absolute atomic E-state index is 0.312. The van der Waals surface area contributed by atoms with Gasteiger partial charge < -0.3 is 14.8 Å². The van der Waals surface area contributed by atoms with Crippen LogP contribution in [0, 0.1) is 0 Å². The summed E-state index contributed by atoms with van der Waals surface area (Å²) in [5, 5.41) is 8.80. The third-order valence-corrected chi connectivity index (χ3v) is 3.64. The molecule has 0 aliphatic rings. The number of rotatable bonds is 5. The summed E-state index contributed by atoms with van der Waals surface area (Å²) < 4.78 is 13.3. The molecule has 2 heterocycles. The van der Waals surface area contributed by atoms with Crippen molar-refractivity contribution in [3.8, 4) is 17.3 Å². The van der Waals surface area contributed by atoms with Gasteiger partial charge in [0.25, 0.3) is 0 Å². The van der Waals surface area contributed by atoms with Gasteiger partial charge >= 0.3 is 0 Å². The Bertz CT molecular complexity index is 910. The number of benzene rings is 1. The second-order valence-electron chi connectivity index (χ2n) is 7.52. The van der Waals surface area contributed by atoms with Crippen LogP contribution in [0.15, 0.2) is 36.5 Å². The molecule has 0 spiro atoms. The molecule has 138 valence electrons. The highest BCUT2D eigenvalue weighted by Crippen LogP contribution is 2.32. The summed E-state index contributed by atoms with van der Waals surface area (Å²) in [5.41, 5.74) is 0.481. The first-order valence-corrected chi connectivity index (χ1v) is 8.75. The second kappa shape index (κ2) is 6.86. The number of aromatic nitrogens is 3. The topological polar surface area (TPSA) is 61.2 Å². The fourth-order valence-corrected chi connectivity index (χ4v) is 2.65. The molecule has 0 bridgehead atoms. The zero-order chi connectivity index (χ0) is 18.9. The number of methoxy groups -OCH3 is 1. The van der Waals surface area contributed by atoms with Gasteiger partial charge in [0.1, 0.15) is 22.9 Å². The first-order chi connectivity index (χ1) is 12.2. The molecule has 0 unspecified atom stereocenters. The molecule has 0 amide bonds. The fraction of sp³-hybridized carbons (Fsp3) is 0.400. The minimum Gasteiger partial charge on any atom is -0.497 e. The van der Waals surface area contributed by atoms with Gasteiger partial charge in [0, 0.05) is 35.8 Å². The van der Waals surface area contributed by atoms with E-state index >= 15 is 0 Å². The molecule has 0 atom stereocenters. The molecule has 6 heteroatoms. The van der Waals surface area contributed by atoms with Crippen molar-refractivity contribution in [3.05, 3.63) is 36.5 Å². The van der Waals surface area contributed by atoms with Crippen molar-refractivity contribution >= 4 is 16.7 Å². The Kier molecular flexibility index (Phi) is 4.76. The van der Waals surface area contributed by atoms with E-state index in [2.05, 4.69) is 24.3 Å². The number of hydrogen-bond acceptors (Lipinski definition) is 5. The van der Waals surface area contributed by atoms with E-state index in [0.29, 0.717) is 11.9 Å². The average molecular weight is 354 g/mol. The molecular formula is C20H26N4O2. The highest BCUT2D eigenvalue weighted by molar-refractivity contribution is 5.87. The first kappa shape index (κ1) is 18.0. The van der Waals surface area contributed by atoms with Gasteiger partial charge in [-0.05, 0) is 46.8 Å². The van der Waals surface area contributed by atoms with E-state index in [4.69, 9.17) is 14.5 Å². The van der Waals surface area contributed by atoms with Crippen LogP contribution in [0.25, 0.3) is 16.7 Å². The maximum Gasteiger partial charge on any atom is 0.157 e. The standard InChI is InChI=1S/C20H26N4O2/c1-13(2)21-18-9-10-24(23-18)19-12-17(26-20(3,4)5)15-8-7-14(25-6)11-16(15)22-19/h7-13H,1-6H3,(H,21,23). The van der Waals surface area contributed by atoms with Gasteiger partial charge in [0.2, 0.25) is 0 Å². The Morgan fingerprint density at radius 2 is 1.88 bits per heavy atom. The van der Waals surface area contributed by atoms with Crippen LogP contribution < -0.4 is 14.8 Å². The first-order valence-electron chi connectivity index (χ1n) is 8.75. The van der Waals surface area contributed by atoms with Gasteiger partial charge in [-0.2, -0.15) is 0 Å². The lowest BCUT2D eigenvalue weighted by Gasteiger charge is -2.23. The van der Waals surface area contributed by atoms with Crippen LogP contribution in [0.1, 0.15) is 34.6 Å². The van der Waals surface area contributed by atoms with E-state index in [-0.39, 0.29) is 5.60 Å². The van der Waals surface area contributed by atoms with E-state index in [0.717, 1.165) is 28.2 Å². The molecule has 1 aromatic carbocycles. The third kappa shape index (κ3) is 4.07. The molecule has 0 saturated heterocycles. The predicted octanol–water partition coefficient (Wildman–Crippen LogP) is 4.43. The number of pyridine rings is 1. The molecule has 0 saturated carbocycles. The van der Waals surface area contributed by atoms with Gasteiger partial charge in [-0.25, -0.2) is 9.67 Å². The molecule has 0 fully saturated rings. The molecule has 0 aliphatic heterocycles. The van der Waals surface area contributed by atoms with Crippen LogP contribution in [0.2, 0.25) is 0 Å². The number of hydrogen-bond donors (Lipinski definition) is 1. The van der Waals surface area contributed by atoms with Crippen LogP contribution in [0.4, 0.5) is 5.82 Å². The Morgan fingerprint density at radius 1 is 1.12 bits per heavy atom. The lowest BCUT2D eigenvalue weighted by Crippen LogP contribution is -2.23. The van der Waals surface area contributed by atoms with Gasteiger partial charge in [0.05, 0.1) is 12.6 Å². The maximum atomic E-state index is 6.18. The number of anilines is 1. The van der Waals surface area contributed by atoms with Crippen LogP contribution in [-0.2, 0) is 0 Å². The van der Waals surface area contributed by atoms with E-state index in [9.17, 15) is 0 Å².